The molecular formula is C36H52F2N6O12. The number of carbonyl (C=O) groups excluding carboxylic acids is 4. The number of unbranched alkanes of at least 4 members (excludes halogenated alkanes) is 4. The zero-order valence-corrected chi connectivity index (χ0v) is 32.9. The first-order valence-corrected chi connectivity index (χ1v) is 18.6. The summed E-state index contributed by atoms with van der Waals surface area (Å²) in [7, 11) is 0. The number of rotatable bonds is 14. The maximum Gasteiger partial charge on any atom is 0.412 e. The second-order valence-electron chi connectivity index (χ2n) is 13.5. The highest BCUT2D eigenvalue weighted by Crippen LogP contribution is 2.38. The first-order valence-electron chi connectivity index (χ1n) is 18.6. The Labute approximate surface area is 322 Å². The van der Waals surface area contributed by atoms with Gasteiger partial charge in [-0.2, -0.15) is 9.97 Å². The van der Waals surface area contributed by atoms with Crippen LogP contribution in [0.2, 0.25) is 0 Å². The highest BCUT2D eigenvalue weighted by atomic mass is 19.1. The summed E-state index contributed by atoms with van der Waals surface area (Å²) in [5, 5.41) is 4.25. The molecule has 0 aromatic carbocycles. The number of halogens is 2. The fraction of sp³-hybridized carbons (Fsp3) is 0.667. The first-order chi connectivity index (χ1) is 26.5. The minimum Gasteiger partial charge on any atom is -0.456 e. The minimum absolute atomic E-state index is 0.0362. The van der Waals surface area contributed by atoms with Crippen molar-refractivity contribution in [1.82, 2.24) is 19.1 Å². The number of nitrogens with zero attached hydrogens (tertiary/aromatic N) is 4. The highest BCUT2D eigenvalue weighted by Gasteiger charge is 2.48. The Hall–Kier alpha value is -4.98. The maximum absolute atomic E-state index is 14.5. The molecule has 4 rings (SSSR count). The Balaban J connectivity index is 0.000000307. The van der Waals surface area contributed by atoms with E-state index in [1.54, 1.807) is 6.92 Å². The number of hydrogen-bond donors (Lipinski definition) is 2. The van der Waals surface area contributed by atoms with Crippen molar-refractivity contribution in [3.05, 3.63) is 45.0 Å². The van der Waals surface area contributed by atoms with Gasteiger partial charge in [-0.15, -0.1) is 0 Å². The van der Waals surface area contributed by atoms with Gasteiger partial charge in [0.15, 0.2) is 41.7 Å². The van der Waals surface area contributed by atoms with Crippen LogP contribution < -0.4 is 22.0 Å². The summed E-state index contributed by atoms with van der Waals surface area (Å²) in [6, 6.07) is 0. The van der Waals surface area contributed by atoms with Crippen LogP contribution in [0.25, 0.3) is 0 Å². The monoisotopic (exact) mass is 798 g/mol. The molecule has 0 saturated carbocycles. The largest absolute Gasteiger partial charge is 0.456 e. The second kappa shape index (κ2) is 21.4. The quantitative estimate of drug-likeness (QED) is 0.143. The normalized spacial score (nSPS) is 24.0. The molecule has 2 amide bonds. The van der Waals surface area contributed by atoms with Crippen LogP contribution in [0.4, 0.5) is 30.0 Å². The molecule has 4 heterocycles. The van der Waals surface area contributed by atoms with Gasteiger partial charge >= 0.3 is 35.5 Å². The van der Waals surface area contributed by atoms with Crippen LogP contribution in [0, 0.1) is 23.5 Å². The van der Waals surface area contributed by atoms with Crippen LogP contribution in [0.1, 0.15) is 106 Å². The van der Waals surface area contributed by atoms with Crippen molar-refractivity contribution in [1.29, 1.82) is 0 Å². The van der Waals surface area contributed by atoms with Gasteiger partial charge in [0.1, 0.15) is 6.23 Å². The summed E-state index contributed by atoms with van der Waals surface area (Å²) in [4.78, 5) is 78.2. The molecule has 0 bridgehead atoms. The fourth-order valence-electron chi connectivity index (χ4n) is 5.90. The lowest BCUT2D eigenvalue weighted by molar-refractivity contribution is -0.165. The van der Waals surface area contributed by atoms with Gasteiger partial charge in [-0.05, 0) is 32.6 Å². The van der Waals surface area contributed by atoms with Gasteiger partial charge < -0.3 is 28.4 Å². The molecule has 2 aliphatic heterocycles. The average Bonchev–Trinajstić information content (AvgIpc) is 3.56. The van der Waals surface area contributed by atoms with Crippen LogP contribution >= 0.6 is 0 Å². The molecule has 2 aromatic heterocycles. The zero-order valence-electron chi connectivity index (χ0n) is 32.9. The smallest absolute Gasteiger partial charge is 0.412 e. The number of anilines is 2. The van der Waals surface area contributed by atoms with Crippen molar-refractivity contribution < 1.29 is 56.4 Å². The SMILES string of the molecule is CCCCCOC(=O)Nc1nc(=O)n([C@@H]2O[C@H](C)[C@@H](C)[C@H]2C)cc1F.CCCCCOC(=O)Nc1nc(=O)n([C@@H]2O[C@H](C)[C@@H](OC(C)=O)[C@H]2OC(C)=O)cc1F. The molecule has 2 N–H and O–H groups in total. The van der Waals surface area contributed by atoms with E-state index in [-0.39, 0.29) is 31.2 Å². The van der Waals surface area contributed by atoms with Crippen LogP contribution in [-0.4, -0.2) is 80.9 Å². The summed E-state index contributed by atoms with van der Waals surface area (Å²) < 4.78 is 62.2. The van der Waals surface area contributed by atoms with Crippen molar-refractivity contribution >= 4 is 35.8 Å². The van der Waals surface area contributed by atoms with E-state index in [0.717, 1.165) is 60.6 Å². The summed E-state index contributed by atoms with van der Waals surface area (Å²) in [5.74, 6) is -4.00. The molecule has 0 unspecified atom stereocenters. The van der Waals surface area contributed by atoms with Crippen molar-refractivity contribution in [3.8, 4) is 0 Å². The highest BCUT2D eigenvalue weighted by molar-refractivity contribution is 5.83. The van der Waals surface area contributed by atoms with E-state index >= 15 is 0 Å². The van der Waals surface area contributed by atoms with Crippen LogP contribution in [0.15, 0.2) is 22.0 Å². The predicted molar refractivity (Wildman–Crippen MR) is 195 cm³/mol. The number of carbonyl (C=O) groups is 4. The lowest BCUT2D eigenvalue weighted by atomic mass is 9.93. The van der Waals surface area contributed by atoms with Crippen LogP contribution in [0.3, 0.4) is 0 Å². The molecular weight excluding hydrogens is 746 g/mol. The molecule has 8 atom stereocenters. The van der Waals surface area contributed by atoms with E-state index in [9.17, 15) is 37.5 Å². The molecule has 20 heteroatoms. The zero-order chi connectivity index (χ0) is 41.7. The van der Waals surface area contributed by atoms with Gasteiger partial charge in [-0.25, -0.2) is 28.0 Å². The molecule has 2 fully saturated rings. The van der Waals surface area contributed by atoms with Crippen molar-refractivity contribution in [2.45, 2.75) is 131 Å². The number of ether oxygens (including phenoxy) is 6. The van der Waals surface area contributed by atoms with E-state index in [1.807, 2.05) is 34.6 Å². The van der Waals surface area contributed by atoms with Gasteiger partial charge in [0.05, 0.1) is 37.8 Å². The van der Waals surface area contributed by atoms with Crippen LogP contribution in [-0.2, 0) is 38.0 Å². The number of amides is 2. The Kier molecular flexibility index (Phi) is 17.3. The Morgan fingerprint density at radius 2 is 1.11 bits per heavy atom. The second-order valence-corrected chi connectivity index (χ2v) is 13.5. The first kappa shape index (κ1) is 45.4. The van der Waals surface area contributed by atoms with Crippen molar-refractivity contribution in [3.63, 3.8) is 0 Å². The third-order valence-corrected chi connectivity index (χ3v) is 9.16. The topological polar surface area (TPSA) is 217 Å². The predicted octanol–water partition coefficient (Wildman–Crippen LogP) is 5.21. The van der Waals surface area contributed by atoms with E-state index in [1.165, 1.54) is 6.92 Å². The molecule has 2 aliphatic rings. The molecule has 2 saturated heterocycles. The van der Waals surface area contributed by atoms with E-state index in [2.05, 4.69) is 20.6 Å². The van der Waals surface area contributed by atoms with Crippen molar-refractivity contribution in [2.24, 2.45) is 11.8 Å². The summed E-state index contributed by atoms with van der Waals surface area (Å²) in [5.41, 5.74) is -1.67. The third kappa shape index (κ3) is 12.5. The van der Waals surface area contributed by atoms with Gasteiger partial charge in [-0.3, -0.25) is 29.4 Å². The molecule has 0 radical (unpaired) electrons. The summed E-state index contributed by atoms with van der Waals surface area (Å²) in [6.45, 7) is 14.1. The van der Waals surface area contributed by atoms with Gasteiger partial charge in [0.2, 0.25) is 0 Å². The standard InChI is InChI=1S/C19H26FN3O8.C17H26FN3O4/c1-5-6-7-8-28-19(27)22-16-13(20)9-23(18(26)21-16)17-15(31-12(4)25)14(10(2)29-17)30-11(3)24;1-5-6-7-8-24-17(23)20-14-13(18)9-21(16(22)19-14)15-11(3)10(2)12(4)25-15/h9-10,14-15,17H,5-8H2,1-4H3,(H,21,22,26,27);9-12,15H,5-8H2,1-4H3,(H,19,20,22,23)/t10-,14-,15-,17-;10-,11+,12+,15+/m10/s1. The Morgan fingerprint density at radius 1 is 0.679 bits per heavy atom. The average molecular weight is 799 g/mol. The molecule has 0 aliphatic carbocycles. The number of hydrogen-bond acceptors (Lipinski definition) is 14. The summed E-state index contributed by atoms with van der Waals surface area (Å²) >= 11 is 0. The Bertz CT molecular complexity index is 1790. The van der Waals surface area contributed by atoms with Gasteiger partial charge in [0.25, 0.3) is 0 Å². The summed E-state index contributed by atoms with van der Waals surface area (Å²) in [6.07, 6.45) is 0.234. The third-order valence-electron chi connectivity index (χ3n) is 9.16. The number of esters is 2. The molecule has 2 aromatic rings. The lowest BCUT2D eigenvalue weighted by Crippen LogP contribution is -2.40. The van der Waals surface area contributed by atoms with Gasteiger partial charge in [0, 0.05) is 19.8 Å². The number of nitrogens with one attached hydrogen (secondary N) is 2. The lowest BCUT2D eigenvalue weighted by Gasteiger charge is -2.23. The Morgan fingerprint density at radius 3 is 1.52 bits per heavy atom. The van der Waals surface area contributed by atoms with Crippen LogP contribution in [0.5, 0.6) is 0 Å². The number of aromatic nitrogens is 4. The van der Waals surface area contributed by atoms with E-state index < -0.39 is 89.5 Å². The van der Waals surface area contributed by atoms with E-state index in [0.29, 0.717) is 6.42 Å². The molecule has 0 spiro atoms. The van der Waals surface area contributed by atoms with Crippen molar-refractivity contribution in [2.75, 3.05) is 23.8 Å². The van der Waals surface area contributed by atoms with Gasteiger partial charge in [-0.1, -0.05) is 53.4 Å². The molecule has 56 heavy (non-hydrogen) atoms. The molecule has 18 nitrogen and oxygen atoms in total. The minimum atomic E-state index is -1.30. The molecule has 312 valence electrons. The fourth-order valence-corrected chi connectivity index (χ4v) is 5.90. The van der Waals surface area contributed by atoms with E-state index in [4.69, 9.17) is 28.4 Å². The maximum atomic E-state index is 14.5.